The molecule has 1 aliphatic rings. The summed E-state index contributed by atoms with van der Waals surface area (Å²) < 4.78 is 10.4. The molecule has 2 aromatic carbocycles. The van der Waals surface area contributed by atoms with Crippen LogP contribution in [0.5, 0.6) is 0 Å². The molecule has 1 fully saturated rings. The Kier molecular flexibility index (Phi) is 5.05. The van der Waals surface area contributed by atoms with Gasteiger partial charge in [0.15, 0.2) is 23.6 Å². The van der Waals surface area contributed by atoms with Crippen LogP contribution in [-0.2, 0) is 14.3 Å². The summed E-state index contributed by atoms with van der Waals surface area (Å²) in [6.07, 6.45) is -3.12. The summed E-state index contributed by atoms with van der Waals surface area (Å²) in [6.45, 7) is 0.364. The lowest BCUT2D eigenvalue weighted by Crippen LogP contribution is -2.55. The molecule has 0 aliphatic carbocycles. The van der Waals surface area contributed by atoms with Crippen molar-refractivity contribution in [2.24, 2.45) is 0 Å². The van der Waals surface area contributed by atoms with Gasteiger partial charge in [-0.25, -0.2) is 0 Å². The first-order chi connectivity index (χ1) is 14.5. The van der Waals surface area contributed by atoms with Crippen molar-refractivity contribution < 1.29 is 24.0 Å². The summed E-state index contributed by atoms with van der Waals surface area (Å²) in [5.41, 5.74) is 7.25. The summed E-state index contributed by atoms with van der Waals surface area (Å²) >= 11 is 0. The second-order valence-electron chi connectivity index (χ2n) is 6.66. The molecule has 4 N–H and O–H groups in total. The number of morpholine rings is 1. The van der Waals surface area contributed by atoms with Gasteiger partial charge in [-0.2, -0.15) is 5.26 Å². The van der Waals surface area contributed by atoms with E-state index in [1.807, 2.05) is 6.07 Å². The molecule has 30 heavy (non-hydrogen) atoms. The molecule has 2 atom stereocenters. The van der Waals surface area contributed by atoms with Crippen LogP contribution >= 0.6 is 0 Å². The van der Waals surface area contributed by atoms with E-state index in [4.69, 9.17) is 20.3 Å². The molecular weight excluding hydrogens is 390 g/mol. The van der Waals surface area contributed by atoms with Gasteiger partial charge < -0.3 is 30.3 Å². The van der Waals surface area contributed by atoms with Gasteiger partial charge in [-0.3, -0.25) is 9.59 Å². The predicted molar refractivity (Wildman–Crippen MR) is 106 cm³/mol. The minimum absolute atomic E-state index is 0.126. The van der Waals surface area contributed by atoms with E-state index in [-0.39, 0.29) is 19.0 Å². The minimum Gasteiger partial charge on any atom is -0.380 e. The predicted octanol–water partition coefficient (Wildman–Crippen LogP) is 1.01. The molecule has 3 aromatic rings. The Bertz CT molecular complexity index is 1170. The number of nitrogens with one attached hydrogen (secondary N) is 1. The van der Waals surface area contributed by atoms with Crippen molar-refractivity contribution in [3.05, 3.63) is 48.0 Å². The van der Waals surface area contributed by atoms with Gasteiger partial charge in [0.05, 0.1) is 23.6 Å². The van der Waals surface area contributed by atoms with Crippen molar-refractivity contribution >= 4 is 40.0 Å². The fourth-order valence-corrected chi connectivity index (χ4v) is 3.22. The number of nitrogen functional groups attached to an aromatic ring is 1. The zero-order chi connectivity index (χ0) is 21.3. The number of amides is 2. The number of anilines is 3. The summed E-state index contributed by atoms with van der Waals surface area (Å²) in [5, 5.41) is 26.3. The highest BCUT2D eigenvalue weighted by Crippen LogP contribution is 2.25. The van der Waals surface area contributed by atoms with Gasteiger partial charge in [-0.05, 0) is 30.3 Å². The number of nitriles is 1. The van der Waals surface area contributed by atoms with E-state index in [0.717, 1.165) is 0 Å². The molecule has 0 radical (unpaired) electrons. The Morgan fingerprint density at radius 3 is 3.00 bits per heavy atom. The van der Waals surface area contributed by atoms with Crippen LogP contribution in [0.15, 0.2) is 47.0 Å². The van der Waals surface area contributed by atoms with Crippen LogP contribution in [0.4, 0.5) is 17.2 Å². The second-order valence-corrected chi connectivity index (χ2v) is 6.66. The maximum atomic E-state index is 12.8. The number of nitrogens with two attached hydrogens (primary N) is 1. The molecular formula is C20H17N5O5. The van der Waals surface area contributed by atoms with Gasteiger partial charge in [-0.15, -0.1) is 0 Å². The van der Waals surface area contributed by atoms with Crippen LogP contribution in [0.3, 0.4) is 0 Å². The number of carbonyl (C=O) groups is 2. The summed E-state index contributed by atoms with van der Waals surface area (Å²) in [7, 11) is 0. The fraction of sp³-hybridized carbons (Fsp3) is 0.200. The molecule has 1 aliphatic heterocycles. The van der Waals surface area contributed by atoms with E-state index in [9.17, 15) is 14.7 Å². The molecule has 0 unspecified atom stereocenters. The third kappa shape index (κ3) is 3.55. The lowest BCUT2D eigenvalue weighted by molar-refractivity contribution is -0.150. The van der Waals surface area contributed by atoms with Gasteiger partial charge in [0.2, 0.25) is 0 Å². The Morgan fingerprint density at radius 1 is 1.37 bits per heavy atom. The van der Waals surface area contributed by atoms with Crippen molar-refractivity contribution in [2.45, 2.75) is 12.2 Å². The van der Waals surface area contributed by atoms with Crippen molar-refractivity contribution in [3.8, 4) is 6.07 Å². The fourth-order valence-electron chi connectivity index (χ4n) is 3.22. The summed E-state index contributed by atoms with van der Waals surface area (Å²) in [6, 6.07) is 13.2. The zero-order valence-electron chi connectivity index (χ0n) is 15.6. The number of rotatable bonds is 4. The molecule has 10 nitrogen and oxygen atoms in total. The molecule has 1 aromatic heterocycles. The lowest BCUT2D eigenvalue weighted by atomic mass is 10.1. The summed E-state index contributed by atoms with van der Waals surface area (Å²) in [4.78, 5) is 26.7. The van der Waals surface area contributed by atoms with Crippen LogP contribution in [0.25, 0.3) is 11.0 Å². The van der Waals surface area contributed by atoms with Crippen LogP contribution in [-0.4, -0.2) is 47.4 Å². The van der Waals surface area contributed by atoms with Crippen molar-refractivity contribution in [3.63, 3.8) is 0 Å². The Labute approximate surface area is 170 Å². The molecule has 10 heteroatoms. The number of nitrogens with zero attached hydrogens (tertiary/aromatic N) is 3. The maximum absolute atomic E-state index is 12.8. The maximum Gasteiger partial charge on any atom is 0.259 e. The average Bonchev–Trinajstić information content (AvgIpc) is 3.13. The number of carbonyl (C=O) groups excluding carboxylic acids is 2. The smallest absolute Gasteiger partial charge is 0.259 e. The number of fused-ring (bicyclic) bond motifs is 1. The first kappa shape index (κ1) is 19.4. The Balaban J connectivity index is 1.49. The topological polar surface area (TPSA) is 155 Å². The molecule has 0 spiro atoms. The number of benzene rings is 2. The Hall–Kier alpha value is -3.94. The monoisotopic (exact) mass is 407 g/mol. The van der Waals surface area contributed by atoms with Crippen LogP contribution in [0.1, 0.15) is 5.56 Å². The number of aliphatic hydroxyl groups excluding tert-OH is 1. The number of ether oxygens (including phenoxy) is 1. The van der Waals surface area contributed by atoms with E-state index in [2.05, 4.69) is 10.5 Å². The highest BCUT2D eigenvalue weighted by Gasteiger charge is 2.39. The van der Waals surface area contributed by atoms with Gasteiger partial charge in [0.25, 0.3) is 11.8 Å². The second kappa shape index (κ2) is 7.82. The van der Waals surface area contributed by atoms with Crippen molar-refractivity contribution in [1.82, 2.24) is 5.16 Å². The van der Waals surface area contributed by atoms with Crippen LogP contribution in [0.2, 0.25) is 0 Å². The normalized spacial score (nSPS) is 17.5. The first-order valence-electron chi connectivity index (χ1n) is 9.05. The van der Waals surface area contributed by atoms with E-state index in [0.29, 0.717) is 27.9 Å². The number of hydrogen-bond acceptors (Lipinski definition) is 8. The summed E-state index contributed by atoms with van der Waals surface area (Å²) in [5.74, 6) is -1.16. The third-order valence-electron chi connectivity index (χ3n) is 4.73. The standard InChI is InChI=1S/C20H17N5O5/c21-10-11-2-1-3-13(8-11)25-6-7-29-17(20(25)28)16(26)19(27)23-12-4-5-14-15(9-12)30-24-18(14)22/h1-5,8-9,16-17,26H,6-7H2,(H2,22,24)(H,23,27)/t16-,17-/m1/s1. The highest BCUT2D eigenvalue weighted by molar-refractivity contribution is 6.04. The van der Waals surface area contributed by atoms with Crippen molar-refractivity contribution in [2.75, 3.05) is 29.1 Å². The highest BCUT2D eigenvalue weighted by atomic mass is 16.5. The largest absolute Gasteiger partial charge is 0.380 e. The molecule has 4 rings (SSSR count). The number of aromatic nitrogens is 1. The van der Waals surface area contributed by atoms with Gasteiger partial charge in [0, 0.05) is 24.0 Å². The minimum atomic E-state index is -1.74. The SMILES string of the molecule is N#Cc1cccc(N2CCO[C@H]([C@@H](O)C(=O)Nc3ccc4c(N)noc4c3)C2=O)c1. The number of hydrogen-bond donors (Lipinski definition) is 3. The van der Waals surface area contributed by atoms with E-state index >= 15 is 0 Å². The van der Waals surface area contributed by atoms with Crippen molar-refractivity contribution in [1.29, 1.82) is 5.26 Å². The molecule has 2 amide bonds. The van der Waals surface area contributed by atoms with Gasteiger partial charge in [0.1, 0.15) is 0 Å². The molecule has 0 bridgehead atoms. The molecule has 2 heterocycles. The van der Waals surface area contributed by atoms with Gasteiger partial charge >= 0.3 is 0 Å². The molecule has 152 valence electrons. The van der Waals surface area contributed by atoms with E-state index in [1.54, 1.807) is 36.4 Å². The van der Waals surface area contributed by atoms with Crippen LogP contribution in [0, 0.1) is 11.3 Å². The van der Waals surface area contributed by atoms with E-state index < -0.39 is 24.0 Å². The van der Waals surface area contributed by atoms with Crippen LogP contribution < -0.4 is 16.0 Å². The Morgan fingerprint density at radius 2 is 2.20 bits per heavy atom. The third-order valence-corrected chi connectivity index (χ3v) is 4.73. The van der Waals surface area contributed by atoms with Gasteiger partial charge in [-0.1, -0.05) is 11.2 Å². The first-order valence-corrected chi connectivity index (χ1v) is 9.05. The quantitative estimate of drug-likeness (QED) is 0.579. The zero-order valence-corrected chi connectivity index (χ0v) is 15.6. The average molecular weight is 407 g/mol. The lowest BCUT2D eigenvalue weighted by Gasteiger charge is -2.34. The number of aliphatic hydroxyl groups is 1. The molecule has 1 saturated heterocycles. The molecule has 0 saturated carbocycles. The van der Waals surface area contributed by atoms with E-state index in [1.165, 1.54) is 11.0 Å².